The molecule has 0 aliphatic heterocycles. The summed E-state index contributed by atoms with van der Waals surface area (Å²) in [4.78, 5) is 5.27. The van der Waals surface area contributed by atoms with Gasteiger partial charge in [-0.25, -0.2) is 0 Å². The van der Waals surface area contributed by atoms with E-state index in [-0.39, 0.29) is 30.5 Å². The Morgan fingerprint density at radius 2 is 1.96 bits per heavy atom. The molecule has 2 N–H and O–H groups in total. The number of hydrogen-bond donors (Lipinski definition) is 2. The van der Waals surface area contributed by atoms with Gasteiger partial charge in [-0.3, -0.25) is 9.89 Å². The number of benzene rings is 1. The number of nitrogens with one attached hydrogen (secondary N) is 2. The minimum absolute atomic E-state index is 0. The third kappa shape index (κ3) is 9.73. The maximum absolute atomic E-state index is 12.3. The third-order valence-corrected chi connectivity index (χ3v) is 3.35. The molecule has 0 bridgehead atoms. The second-order valence-electron chi connectivity index (χ2n) is 5.52. The zero-order valence-corrected chi connectivity index (χ0v) is 17.2. The number of aliphatic imine (C=N–C) groups is 1. The SMILES string of the molecule is CN=C(NCCN(C)CC(F)(F)F)NCc1ccc(C)cc1OC.I. The van der Waals surface area contributed by atoms with E-state index in [9.17, 15) is 13.2 Å². The van der Waals surface area contributed by atoms with Crippen LogP contribution < -0.4 is 15.4 Å². The van der Waals surface area contributed by atoms with E-state index >= 15 is 0 Å². The van der Waals surface area contributed by atoms with Crippen molar-refractivity contribution < 1.29 is 17.9 Å². The number of rotatable bonds is 7. The van der Waals surface area contributed by atoms with Crippen LogP contribution in [0.25, 0.3) is 0 Å². The first-order chi connectivity index (χ1) is 11.2. The summed E-state index contributed by atoms with van der Waals surface area (Å²) in [5.74, 6) is 1.31. The summed E-state index contributed by atoms with van der Waals surface area (Å²) in [5, 5.41) is 6.11. The number of guanidine groups is 1. The third-order valence-electron chi connectivity index (χ3n) is 3.35. The molecule has 144 valence electrons. The normalized spacial score (nSPS) is 11.9. The first-order valence-corrected chi connectivity index (χ1v) is 7.58. The van der Waals surface area contributed by atoms with Crippen molar-refractivity contribution in [2.24, 2.45) is 4.99 Å². The molecule has 0 atom stereocenters. The highest BCUT2D eigenvalue weighted by atomic mass is 127. The van der Waals surface area contributed by atoms with Crippen LogP contribution in [0.3, 0.4) is 0 Å². The Balaban J connectivity index is 0.00000576. The molecule has 0 amide bonds. The fourth-order valence-electron chi connectivity index (χ4n) is 2.15. The number of hydrogen-bond acceptors (Lipinski definition) is 3. The molecular formula is C16H26F3IN4O. The molecule has 0 unspecified atom stereocenters. The highest BCUT2D eigenvalue weighted by Crippen LogP contribution is 2.19. The van der Waals surface area contributed by atoms with Crippen LogP contribution in [-0.4, -0.2) is 57.9 Å². The van der Waals surface area contributed by atoms with Crippen molar-refractivity contribution in [2.45, 2.75) is 19.6 Å². The zero-order chi connectivity index (χ0) is 18.2. The summed E-state index contributed by atoms with van der Waals surface area (Å²) in [6.45, 7) is 2.17. The van der Waals surface area contributed by atoms with Crippen LogP contribution in [0.4, 0.5) is 13.2 Å². The molecular weight excluding hydrogens is 448 g/mol. The Bertz CT molecular complexity index is 553. The smallest absolute Gasteiger partial charge is 0.401 e. The molecule has 0 saturated heterocycles. The summed E-state index contributed by atoms with van der Waals surface area (Å²) >= 11 is 0. The van der Waals surface area contributed by atoms with Crippen molar-refractivity contribution in [1.29, 1.82) is 0 Å². The summed E-state index contributed by atoms with van der Waals surface area (Å²) < 4.78 is 42.1. The van der Waals surface area contributed by atoms with Gasteiger partial charge in [-0.05, 0) is 25.6 Å². The topological polar surface area (TPSA) is 48.9 Å². The second-order valence-corrected chi connectivity index (χ2v) is 5.52. The van der Waals surface area contributed by atoms with Gasteiger partial charge in [0.1, 0.15) is 5.75 Å². The maximum atomic E-state index is 12.3. The first kappa shape index (κ1) is 23.8. The Hall–Kier alpha value is -1.23. The molecule has 0 fully saturated rings. The van der Waals surface area contributed by atoms with Crippen LogP contribution in [0.15, 0.2) is 23.2 Å². The molecule has 1 aromatic rings. The summed E-state index contributed by atoms with van der Waals surface area (Å²) in [6.07, 6.45) is -4.18. The monoisotopic (exact) mass is 474 g/mol. The van der Waals surface area contributed by atoms with Crippen molar-refractivity contribution in [2.75, 3.05) is 40.8 Å². The van der Waals surface area contributed by atoms with Crippen molar-refractivity contribution in [3.8, 4) is 5.75 Å². The zero-order valence-electron chi connectivity index (χ0n) is 14.9. The molecule has 1 rings (SSSR count). The largest absolute Gasteiger partial charge is 0.496 e. The van der Waals surface area contributed by atoms with Gasteiger partial charge in [-0.2, -0.15) is 13.2 Å². The minimum Gasteiger partial charge on any atom is -0.496 e. The summed E-state index contributed by atoms with van der Waals surface area (Å²) in [7, 11) is 4.66. The molecule has 0 aliphatic carbocycles. The van der Waals surface area contributed by atoms with E-state index in [0.717, 1.165) is 16.9 Å². The van der Waals surface area contributed by atoms with Gasteiger partial charge in [-0.1, -0.05) is 12.1 Å². The average Bonchev–Trinajstić information content (AvgIpc) is 2.49. The van der Waals surface area contributed by atoms with E-state index in [1.807, 2.05) is 25.1 Å². The van der Waals surface area contributed by atoms with E-state index < -0.39 is 12.7 Å². The lowest BCUT2D eigenvalue weighted by Crippen LogP contribution is -2.42. The van der Waals surface area contributed by atoms with Gasteiger partial charge in [0.05, 0.1) is 13.7 Å². The number of methoxy groups -OCH3 is 1. The fourth-order valence-corrected chi connectivity index (χ4v) is 2.15. The Morgan fingerprint density at radius 3 is 2.52 bits per heavy atom. The van der Waals surface area contributed by atoms with Gasteiger partial charge < -0.3 is 15.4 Å². The summed E-state index contributed by atoms with van der Waals surface area (Å²) in [6, 6.07) is 5.90. The van der Waals surface area contributed by atoms with Crippen LogP contribution in [0.5, 0.6) is 5.75 Å². The number of ether oxygens (including phenoxy) is 1. The Labute approximate surface area is 164 Å². The number of likely N-dealkylation sites (N-methyl/N-ethyl adjacent to an activating group) is 1. The Kier molecular flexibility index (Phi) is 10.8. The number of aryl methyl sites for hydroxylation is 1. The molecule has 0 heterocycles. The van der Waals surface area contributed by atoms with Crippen LogP contribution in [-0.2, 0) is 6.54 Å². The highest BCUT2D eigenvalue weighted by Gasteiger charge is 2.28. The second kappa shape index (κ2) is 11.4. The van der Waals surface area contributed by atoms with Crippen molar-refractivity contribution >= 4 is 29.9 Å². The molecule has 0 radical (unpaired) electrons. The van der Waals surface area contributed by atoms with E-state index in [0.29, 0.717) is 19.0 Å². The van der Waals surface area contributed by atoms with E-state index in [1.54, 1.807) is 14.2 Å². The summed E-state index contributed by atoms with van der Waals surface area (Å²) in [5.41, 5.74) is 2.08. The van der Waals surface area contributed by atoms with Gasteiger partial charge in [0.2, 0.25) is 0 Å². The van der Waals surface area contributed by atoms with Gasteiger partial charge in [0.25, 0.3) is 0 Å². The fraction of sp³-hybridized carbons (Fsp3) is 0.562. The molecule has 9 heteroatoms. The van der Waals surface area contributed by atoms with Gasteiger partial charge in [-0.15, -0.1) is 24.0 Å². The van der Waals surface area contributed by atoms with E-state index in [4.69, 9.17) is 4.74 Å². The molecule has 0 spiro atoms. The van der Waals surface area contributed by atoms with Gasteiger partial charge >= 0.3 is 6.18 Å². The minimum atomic E-state index is -4.18. The molecule has 1 aromatic carbocycles. The van der Waals surface area contributed by atoms with E-state index in [2.05, 4.69) is 15.6 Å². The quantitative estimate of drug-likeness (QED) is 0.363. The van der Waals surface area contributed by atoms with Crippen LogP contribution in [0.1, 0.15) is 11.1 Å². The lowest BCUT2D eigenvalue weighted by molar-refractivity contribution is -0.142. The van der Waals surface area contributed by atoms with Crippen LogP contribution in [0.2, 0.25) is 0 Å². The predicted molar refractivity (Wildman–Crippen MR) is 105 cm³/mol. The highest BCUT2D eigenvalue weighted by molar-refractivity contribution is 14.0. The molecule has 0 aliphatic rings. The van der Waals surface area contributed by atoms with Crippen molar-refractivity contribution in [3.05, 3.63) is 29.3 Å². The lowest BCUT2D eigenvalue weighted by atomic mass is 10.1. The molecule has 0 saturated carbocycles. The first-order valence-electron chi connectivity index (χ1n) is 7.58. The van der Waals surface area contributed by atoms with Crippen LogP contribution in [0, 0.1) is 6.92 Å². The van der Waals surface area contributed by atoms with Crippen LogP contribution >= 0.6 is 24.0 Å². The molecule has 0 aromatic heterocycles. The van der Waals surface area contributed by atoms with Gasteiger partial charge in [0.15, 0.2) is 5.96 Å². The number of halogens is 4. The Morgan fingerprint density at radius 1 is 1.28 bits per heavy atom. The van der Waals surface area contributed by atoms with Crippen molar-refractivity contribution in [1.82, 2.24) is 15.5 Å². The maximum Gasteiger partial charge on any atom is 0.401 e. The molecule has 25 heavy (non-hydrogen) atoms. The number of alkyl halides is 3. The molecule has 5 nitrogen and oxygen atoms in total. The average molecular weight is 474 g/mol. The number of nitrogens with zero attached hydrogens (tertiary/aromatic N) is 2. The predicted octanol–water partition coefficient (Wildman–Crippen LogP) is 2.78. The standard InChI is InChI=1S/C16H25F3N4O.HI/c1-12-5-6-13(14(9-12)24-4)10-22-15(20-2)21-7-8-23(3)11-16(17,18)19;/h5-6,9H,7-8,10-11H2,1-4H3,(H2,20,21,22);1H. The van der Waals surface area contributed by atoms with E-state index in [1.165, 1.54) is 11.9 Å². The lowest BCUT2D eigenvalue weighted by Gasteiger charge is -2.19. The van der Waals surface area contributed by atoms with Gasteiger partial charge in [0, 0.05) is 32.2 Å². The van der Waals surface area contributed by atoms with Crippen molar-refractivity contribution in [3.63, 3.8) is 0 Å².